The first-order chi connectivity index (χ1) is 7.50. The van der Waals surface area contributed by atoms with E-state index < -0.39 is 11.9 Å². The van der Waals surface area contributed by atoms with Crippen LogP contribution in [0.1, 0.15) is 5.69 Å². The zero-order chi connectivity index (χ0) is 11.8. The molecule has 1 heterocycles. The van der Waals surface area contributed by atoms with E-state index in [9.17, 15) is 13.2 Å². The highest BCUT2D eigenvalue weighted by atomic mass is 35.5. The van der Waals surface area contributed by atoms with Crippen molar-refractivity contribution in [1.29, 1.82) is 0 Å². The fourth-order valence-electron chi connectivity index (χ4n) is 1.38. The highest BCUT2D eigenvalue weighted by Crippen LogP contribution is 2.36. The van der Waals surface area contributed by atoms with Crippen LogP contribution in [-0.4, -0.2) is 10.2 Å². The lowest BCUT2D eigenvalue weighted by Gasteiger charge is -2.04. The van der Waals surface area contributed by atoms with Crippen LogP contribution in [-0.2, 0) is 6.18 Å². The molecule has 0 aliphatic carbocycles. The molecule has 17 heavy (non-hydrogen) atoms. The smallest absolute Gasteiger partial charge is 0.395 e. The Labute approximate surface area is 101 Å². The molecule has 3 N–H and O–H groups in total. The summed E-state index contributed by atoms with van der Waals surface area (Å²) in [7, 11) is 0. The monoisotopic (exact) mass is 263 g/mol. The molecule has 0 saturated carbocycles. The Morgan fingerprint density at radius 3 is 2.18 bits per heavy atom. The van der Waals surface area contributed by atoms with Gasteiger partial charge in [0.25, 0.3) is 0 Å². The van der Waals surface area contributed by atoms with Gasteiger partial charge >= 0.3 is 6.18 Å². The predicted octanol–water partition coefficient (Wildman–Crippen LogP) is 3.10. The van der Waals surface area contributed by atoms with E-state index in [4.69, 9.17) is 5.73 Å². The molecular weight excluding hydrogens is 255 g/mol. The Kier molecular flexibility index (Phi) is 3.67. The van der Waals surface area contributed by atoms with Crippen LogP contribution in [0.15, 0.2) is 30.3 Å². The first kappa shape index (κ1) is 13.4. The van der Waals surface area contributed by atoms with Crippen molar-refractivity contribution in [3.05, 3.63) is 36.0 Å². The Morgan fingerprint density at radius 1 is 1.12 bits per heavy atom. The van der Waals surface area contributed by atoms with Gasteiger partial charge in [-0.2, -0.15) is 18.3 Å². The van der Waals surface area contributed by atoms with E-state index in [0.29, 0.717) is 5.56 Å². The Morgan fingerprint density at radius 2 is 1.71 bits per heavy atom. The zero-order valence-corrected chi connectivity index (χ0v) is 9.27. The molecule has 0 radical (unpaired) electrons. The van der Waals surface area contributed by atoms with Crippen LogP contribution >= 0.6 is 12.4 Å². The third kappa shape index (κ3) is 2.52. The van der Waals surface area contributed by atoms with Crippen molar-refractivity contribution < 1.29 is 13.2 Å². The highest BCUT2D eigenvalue weighted by Gasteiger charge is 2.36. The van der Waals surface area contributed by atoms with Gasteiger partial charge in [-0.15, -0.1) is 12.4 Å². The summed E-state index contributed by atoms with van der Waals surface area (Å²) in [5.41, 5.74) is 4.69. The lowest BCUT2D eigenvalue weighted by molar-refractivity contribution is -0.140. The molecule has 7 heteroatoms. The van der Waals surface area contributed by atoms with Gasteiger partial charge in [0, 0.05) is 5.56 Å². The van der Waals surface area contributed by atoms with Gasteiger partial charge in [-0.3, -0.25) is 5.10 Å². The normalized spacial score (nSPS) is 11.0. The summed E-state index contributed by atoms with van der Waals surface area (Å²) < 4.78 is 37.3. The van der Waals surface area contributed by atoms with E-state index in [1.165, 1.54) is 0 Å². The number of nitrogens with one attached hydrogen (secondary N) is 1. The molecule has 0 aliphatic heterocycles. The fraction of sp³-hybridized carbons (Fsp3) is 0.100. The number of benzene rings is 1. The lowest BCUT2D eigenvalue weighted by atomic mass is 10.1. The Hall–Kier alpha value is -1.69. The van der Waals surface area contributed by atoms with Crippen LogP contribution in [0.2, 0.25) is 0 Å². The number of aromatic amines is 1. The number of nitrogen functional groups attached to an aromatic ring is 1. The molecule has 0 bridgehead atoms. The van der Waals surface area contributed by atoms with Crippen LogP contribution in [0.25, 0.3) is 11.3 Å². The summed E-state index contributed by atoms with van der Waals surface area (Å²) in [5.74, 6) is 0. The lowest BCUT2D eigenvalue weighted by Crippen LogP contribution is -2.08. The average molecular weight is 264 g/mol. The average Bonchev–Trinajstić information content (AvgIpc) is 2.61. The minimum absolute atomic E-state index is 0. The Bertz CT molecular complexity index is 493. The number of rotatable bonds is 1. The van der Waals surface area contributed by atoms with Gasteiger partial charge in [0.05, 0.1) is 5.69 Å². The second kappa shape index (κ2) is 4.67. The maximum atomic E-state index is 12.4. The summed E-state index contributed by atoms with van der Waals surface area (Å²) in [6, 6.07) is 8.46. The van der Waals surface area contributed by atoms with Gasteiger partial charge in [-0.1, -0.05) is 30.3 Å². The van der Waals surface area contributed by atoms with Crippen molar-refractivity contribution in [2.45, 2.75) is 6.18 Å². The summed E-state index contributed by atoms with van der Waals surface area (Å²) in [5, 5.41) is 5.49. The van der Waals surface area contributed by atoms with Crippen molar-refractivity contribution >= 4 is 18.1 Å². The number of nitrogens with zero attached hydrogens (tertiary/aromatic N) is 1. The van der Waals surface area contributed by atoms with Crippen LogP contribution in [0.3, 0.4) is 0 Å². The molecule has 0 aliphatic rings. The van der Waals surface area contributed by atoms with Crippen LogP contribution in [0.4, 0.5) is 18.9 Å². The van der Waals surface area contributed by atoms with Gasteiger partial charge in [0.15, 0.2) is 5.69 Å². The van der Waals surface area contributed by atoms with Gasteiger partial charge in [-0.05, 0) is 0 Å². The topological polar surface area (TPSA) is 54.7 Å². The van der Waals surface area contributed by atoms with Crippen molar-refractivity contribution in [3.63, 3.8) is 0 Å². The molecule has 3 nitrogen and oxygen atoms in total. The number of alkyl halides is 3. The molecule has 0 fully saturated rings. The van der Waals surface area contributed by atoms with Gasteiger partial charge in [0.1, 0.15) is 5.69 Å². The molecule has 1 aromatic heterocycles. The Balaban J connectivity index is 0.00000144. The fourth-order valence-corrected chi connectivity index (χ4v) is 1.38. The van der Waals surface area contributed by atoms with Crippen LogP contribution in [0.5, 0.6) is 0 Å². The summed E-state index contributed by atoms with van der Waals surface area (Å²) >= 11 is 0. The number of aromatic nitrogens is 2. The molecule has 0 atom stereocenters. The summed E-state index contributed by atoms with van der Waals surface area (Å²) in [4.78, 5) is 0. The number of nitrogens with two attached hydrogens (primary N) is 1. The van der Waals surface area contributed by atoms with Crippen LogP contribution in [0, 0.1) is 0 Å². The maximum Gasteiger partial charge on any atom is 0.434 e. The molecule has 2 rings (SSSR count). The van der Waals surface area contributed by atoms with Gasteiger partial charge in [0.2, 0.25) is 0 Å². The van der Waals surface area contributed by atoms with E-state index in [1.807, 2.05) is 5.10 Å². The second-order valence-electron chi connectivity index (χ2n) is 3.22. The quantitative estimate of drug-likeness (QED) is 0.831. The van der Waals surface area contributed by atoms with E-state index in [-0.39, 0.29) is 23.8 Å². The molecule has 0 amide bonds. The third-order valence-electron chi connectivity index (χ3n) is 2.13. The highest BCUT2D eigenvalue weighted by molar-refractivity contribution is 5.85. The number of hydrogen-bond donors (Lipinski definition) is 2. The SMILES string of the molecule is Cl.Nc1c(-c2ccccc2)n[nH]c1C(F)(F)F. The van der Waals surface area contributed by atoms with E-state index in [2.05, 4.69) is 5.10 Å². The molecule has 92 valence electrons. The molecular formula is C10H9ClF3N3. The van der Waals surface area contributed by atoms with E-state index in [1.54, 1.807) is 30.3 Å². The second-order valence-corrected chi connectivity index (χ2v) is 3.22. The predicted molar refractivity (Wildman–Crippen MR) is 60.7 cm³/mol. The number of anilines is 1. The molecule has 0 unspecified atom stereocenters. The molecule has 0 saturated heterocycles. The molecule has 2 aromatic rings. The number of hydrogen-bond acceptors (Lipinski definition) is 2. The van der Waals surface area contributed by atoms with Gasteiger partial charge in [-0.25, -0.2) is 0 Å². The molecule has 0 spiro atoms. The summed E-state index contributed by atoms with van der Waals surface area (Å²) in [6.07, 6.45) is -4.51. The van der Waals surface area contributed by atoms with Crippen LogP contribution < -0.4 is 5.73 Å². The minimum atomic E-state index is -4.51. The van der Waals surface area contributed by atoms with Crippen molar-refractivity contribution in [2.75, 3.05) is 5.73 Å². The van der Waals surface area contributed by atoms with E-state index >= 15 is 0 Å². The first-order valence-electron chi connectivity index (χ1n) is 4.46. The maximum absolute atomic E-state index is 12.4. The van der Waals surface area contributed by atoms with Crippen molar-refractivity contribution in [3.8, 4) is 11.3 Å². The first-order valence-corrected chi connectivity index (χ1v) is 4.46. The third-order valence-corrected chi connectivity index (χ3v) is 2.13. The van der Waals surface area contributed by atoms with Gasteiger partial charge < -0.3 is 5.73 Å². The largest absolute Gasteiger partial charge is 0.434 e. The standard InChI is InChI=1S/C10H8F3N3.ClH/c11-10(12,13)9-7(14)8(15-16-9)6-4-2-1-3-5-6;/h1-5H,14H2,(H,15,16);1H. The minimum Gasteiger partial charge on any atom is -0.395 e. The molecule has 1 aromatic carbocycles. The van der Waals surface area contributed by atoms with E-state index in [0.717, 1.165) is 0 Å². The van der Waals surface area contributed by atoms with Crippen molar-refractivity contribution in [2.24, 2.45) is 0 Å². The number of halogens is 4. The number of H-pyrrole nitrogens is 1. The summed E-state index contributed by atoms with van der Waals surface area (Å²) in [6.45, 7) is 0. The van der Waals surface area contributed by atoms with Crippen molar-refractivity contribution in [1.82, 2.24) is 10.2 Å². The zero-order valence-electron chi connectivity index (χ0n) is 8.45.